The molecular weight excluding hydrogens is 379 g/mol. The molecule has 2 aromatic carbocycles. The molecule has 3 heterocycles. The molecule has 0 radical (unpaired) electrons. The van der Waals surface area contributed by atoms with Gasteiger partial charge in [0, 0.05) is 30.1 Å². The minimum absolute atomic E-state index is 0.104. The molecule has 154 valence electrons. The molecule has 1 saturated heterocycles. The van der Waals surface area contributed by atoms with E-state index >= 15 is 4.39 Å². The van der Waals surface area contributed by atoms with Crippen LogP contribution in [0.1, 0.15) is 24.0 Å². The van der Waals surface area contributed by atoms with E-state index in [1.54, 1.807) is 21.8 Å². The van der Waals surface area contributed by atoms with E-state index in [0.717, 1.165) is 48.3 Å². The number of carbonyl (C=O) groups excluding carboxylic acids is 1. The lowest BCUT2D eigenvalue weighted by molar-refractivity contribution is -0.124. The number of likely N-dealkylation sites (tertiary alicyclic amines) is 1. The van der Waals surface area contributed by atoms with E-state index in [9.17, 15) is 4.79 Å². The van der Waals surface area contributed by atoms with E-state index in [1.807, 2.05) is 37.5 Å². The first-order chi connectivity index (χ1) is 14.5. The lowest BCUT2D eigenvalue weighted by Gasteiger charge is -2.36. The van der Waals surface area contributed by atoms with Gasteiger partial charge in [-0.3, -0.25) is 9.48 Å². The zero-order chi connectivity index (χ0) is 20.9. The number of piperidine rings is 1. The highest BCUT2D eigenvalue weighted by Crippen LogP contribution is 2.48. The van der Waals surface area contributed by atoms with Crippen LogP contribution in [0.5, 0.6) is 0 Å². The van der Waals surface area contributed by atoms with Gasteiger partial charge in [-0.15, -0.1) is 0 Å². The molecule has 0 saturated carbocycles. The minimum atomic E-state index is -0.477. The Bertz CT molecular complexity index is 1110. The summed E-state index contributed by atoms with van der Waals surface area (Å²) in [5, 5.41) is 4.15. The molecule has 5 nitrogen and oxygen atoms in total. The van der Waals surface area contributed by atoms with E-state index in [0.29, 0.717) is 5.56 Å². The first-order valence-electron chi connectivity index (χ1n) is 10.4. The molecule has 6 heteroatoms. The highest BCUT2D eigenvalue weighted by atomic mass is 19.1. The lowest BCUT2D eigenvalue weighted by Crippen LogP contribution is -2.47. The number of carbonyl (C=O) groups is 1. The molecule has 2 aliphatic heterocycles. The highest BCUT2D eigenvalue weighted by molar-refractivity contribution is 6.08. The van der Waals surface area contributed by atoms with Crippen molar-refractivity contribution in [1.82, 2.24) is 14.7 Å². The quantitative estimate of drug-likeness (QED) is 0.668. The Labute approximate surface area is 175 Å². The monoisotopic (exact) mass is 404 g/mol. The maximum absolute atomic E-state index is 15.0. The number of hydrogen-bond acceptors (Lipinski definition) is 3. The van der Waals surface area contributed by atoms with Crippen molar-refractivity contribution in [3.8, 4) is 11.1 Å². The second-order valence-corrected chi connectivity index (χ2v) is 8.50. The zero-order valence-electron chi connectivity index (χ0n) is 17.3. The maximum atomic E-state index is 15.0. The molecule has 30 heavy (non-hydrogen) atoms. The number of benzene rings is 2. The molecule has 5 rings (SSSR count). The third kappa shape index (κ3) is 2.94. The van der Waals surface area contributed by atoms with Crippen LogP contribution in [-0.4, -0.2) is 40.7 Å². The summed E-state index contributed by atoms with van der Waals surface area (Å²) in [6.45, 7) is 2.02. The molecule has 0 aliphatic carbocycles. The van der Waals surface area contributed by atoms with E-state index < -0.39 is 5.41 Å². The average molecular weight is 404 g/mol. The fourth-order valence-corrected chi connectivity index (χ4v) is 4.83. The molecule has 1 fully saturated rings. The molecule has 0 bridgehead atoms. The van der Waals surface area contributed by atoms with Gasteiger partial charge in [-0.1, -0.05) is 30.3 Å². The number of aryl methyl sites for hydroxylation is 1. The molecule has 1 aromatic heterocycles. The van der Waals surface area contributed by atoms with Gasteiger partial charge in [0.2, 0.25) is 5.91 Å². The van der Waals surface area contributed by atoms with Crippen molar-refractivity contribution >= 4 is 11.6 Å². The predicted molar refractivity (Wildman–Crippen MR) is 115 cm³/mol. The standard InChI is InChI=1S/C24H25FN4O/c1-27-11-9-24(10-12-27)20-5-3-4-6-22(20)29(23(24)30)16-18-8-7-17(13-21(18)25)19-14-26-28(2)15-19/h3-8,13-15H,9-12,16H2,1-2H3. The van der Waals surface area contributed by atoms with Crippen LogP contribution in [0, 0.1) is 5.82 Å². The van der Waals surface area contributed by atoms with Crippen LogP contribution in [0.15, 0.2) is 54.9 Å². The van der Waals surface area contributed by atoms with E-state index in [4.69, 9.17) is 0 Å². The second kappa shape index (κ2) is 7.06. The number of nitrogens with zero attached hydrogens (tertiary/aromatic N) is 4. The van der Waals surface area contributed by atoms with Crippen molar-refractivity contribution < 1.29 is 9.18 Å². The van der Waals surface area contributed by atoms with E-state index in [2.05, 4.69) is 23.1 Å². The van der Waals surface area contributed by atoms with Crippen molar-refractivity contribution in [2.75, 3.05) is 25.0 Å². The molecule has 0 N–H and O–H groups in total. The Hall–Kier alpha value is -2.99. The Balaban J connectivity index is 1.47. The number of amides is 1. The van der Waals surface area contributed by atoms with Gasteiger partial charge in [-0.25, -0.2) is 4.39 Å². The van der Waals surface area contributed by atoms with Crippen molar-refractivity contribution in [2.45, 2.75) is 24.8 Å². The summed E-state index contributed by atoms with van der Waals surface area (Å²) >= 11 is 0. The van der Waals surface area contributed by atoms with Crippen LogP contribution in [0.25, 0.3) is 11.1 Å². The van der Waals surface area contributed by atoms with E-state index in [1.165, 1.54) is 6.07 Å². The molecule has 0 atom stereocenters. The summed E-state index contributed by atoms with van der Waals surface area (Å²) < 4.78 is 16.7. The van der Waals surface area contributed by atoms with Crippen LogP contribution in [0.4, 0.5) is 10.1 Å². The minimum Gasteiger partial charge on any atom is -0.307 e. The van der Waals surface area contributed by atoms with Gasteiger partial charge >= 0.3 is 0 Å². The molecule has 2 aliphatic rings. The molecule has 1 spiro atoms. The maximum Gasteiger partial charge on any atom is 0.238 e. The van der Waals surface area contributed by atoms with Gasteiger partial charge in [0.05, 0.1) is 18.2 Å². The molecule has 0 unspecified atom stereocenters. The Morgan fingerprint density at radius 3 is 2.53 bits per heavy atom. The fourth-order valence-electron chi connectivity index (χ4n) is 4.83. The third-order valence-electron chi connectivity index (χ3n) is 6.63. The highest BCUT2D eigenvalue weighted by Gasteiger charge is 2.51. The van der Waals surface area contributed by atoms with Crippen LogP contribution in [0.2, 0.25) is 0 Å². The molecule has 3 aromatic rings. The summed E-state index contributed by atoms with van der Waals surface area (Å²) in [6.07, 6.45) is 5.19. The van der Waals surface area contributed by atoms with Gasteiger partial charge in [-0.2, -0.15) is 5.10 Å². The number of fused-ring (bicyclic) bond motifs is 2. The van der Waals surface area contributed by atoms with Crippen molar-refractivity contribution in [1.29, 1.82) is 0 Å². The summed E-state index contributed by atoms with van der Waals surface area (Å²) in [4.78, 5) is 17.7. The Morgan fingerprint density at radius 1 is 1.07 bits per heavy atom. The van der Waals surface area contributed by atoms with E-state index in [-0.39, 0.29) is 18.3 Å². The number of aromatic nitrogens is 2. The number of halogens is 1. The predicted octanol–water partition coefficient (Wildman–Crippen LogP) is 3.74. The summed E-state index contributed by atoms with van der Waals surface area (Å²) in [5.41, 5.74) is 3.71. The average Bonchev–Trinajstić information content (AvgIpc) is 3.28. The summed E-state index contributed by atoms with van der Waals surface area (Å²) in [6, 6.07) is 13.2. The van der Waals surface area contributed by atoms with Crippen LogP contribution in [0.3, 0.4) is 0 Å². The SMILES string of the molecule is CN1CCC2(CC1)C(=O)N(Cc1ccc(-c3cnn(C)c3)cc1F)c1ccccc12. The fraction of sp³-hybridized carbons (Fsp3) is 0.333. The number of para-hydroxylation sites is 1. The smallest absolute Gasteiger partial charge is 0.238 e. The lowest BCUT2D eigenvalue weighted by atomic mass is 9.74. The van der Waals surface area contributed by atoms with Crippen molar-refractivity contribution in [3.63, 3.8) is 0 Å². The molecular formula is C24H25FN4O. The van der Waals surface area contributed by atoms with Crippen molar-refractivity contribution in [2.24, 2.45) is 7.05 Å². The number of anilines is 1. The number of rotatable bonds is 3. The zero-order valence-corrected chi connectivity index (χ0v) is 17.3. The normalized spacial score (nSPS) is 18.2. The van der Waals surface area contributed by atoms with Gasteiger partial charge in [-0.05, 0) is 56.2 Å². The van der Waals surface area contributed by atoms with Gasteiger partial charge in [0.15, 0.2) is 0 Å². The van der Waals surface area contributed by atoms with Gasteiger partial charge < -0.3 is 9.80 Å². The van der Waals surface area contributed by atoms with Crippen LogP contribution in [-0.2, 0) is 23.8 Å². The largest absolute Gasteiger partial charge is 0.307 e. The van der Waals surface area contributed by atoms with Crippen LogP contribution < -0.4 is 4.90 Å². The topological polar surface area (TPSA) is 41.4 Å². The molecule has 1 amide bonds. The van der Waals surface area contributed by atoms with Gasteiger partial charge in [0.1, 0.15) is 5.82 Å². The van der Waals surface area contributed by atoms with Gasteiger partial charge in [0.25, 0.3) is 0 Å². The number of hydrogen-bond donors (Lipinski definition) is 0. The Morgan fingerprint density at radius 2 is 1.83 bits per heavy atom. The summed E-state index contributed by atoms with van der Waals surface area (Å²) in [5.74, 6) is -0.196. The Kier molecular flexibility index (Phi) is 4.47. The second-order valence-electron chi connectivity index (χ2n) is 8.50. The third-order valence-corrected chi connectivity index (χ3v) is 6.63. The first kappa shape index (κ1) is 19.0. The summed E-state index contributed by atoms with van der Waals surface area (Å²) in [7, 11) is 3.93. The van der Waals surface area contributed by atoms with Crippen molar-refractivity contribution in [3.05, 3.63) is 71.8 Å². The first-order valence-corrected chi connectivity index (χ1v) is 10.4. The van der Waals surface area contributed by atoms with Crippen LogP contribution >= 0.6 is 0 Å².